The van der Waals surface area contributed by atoms with Crippen LogP contribution >= 0.6 is 11.8 Å². The first-order valence-corrected chi connectivity index (χ1v) is 35.5. The number of fused-ring (bicyclic) bond motifs is 3. The summed E-state index contributed by atoms with van der Waals surface area (Å²) in [5, 5.41) is 44.1. The van der Waals surface area contributed by atoms with E-state index in [4.69, 9.17) is 21.9 Å². The number of nitrogens with two attached hydrogens (primary N) is 3. The Labute approximate surface area is 595 Å². The van der Waals surface area contributed by atoms with E-state index in [1.165, 1.54) is 5.56 Å². The van der Waals surface area contributed by atoms with Gasteiger partial charge >= 0.3 is 18.0 Å². The maximum absolute atomic E-state index is 14.8. The van der Waals surface area contributed by atoms with E-state index in [9.17, 15) is 67.7 Å². The van der Waals surface area contributed by atoms with Gasteiger partial charge in [-0.2, -0.15) is 0 Å². The first kappa shape index (κ1) is 84.1. The number of nitrogens with one attached hydrogen (secondary N) is 10. The molecule has 0 saturated heterocycles. The molecule has 0 heterocycles. The Kier molecular flexibility index (Phi) is 35.6. The molecule has 3 aromatic carbocycles. The van der Waals surface area contributed by atoms with Crippen LogP contribution in [0.1, 0.15) is 157 Å². The zero-order valence-electron chi connectivity index (χ0n) is 59.6. The fourth-order valence-electron chi connectivity index (χ4n) is 11.1. The molecule has 12 atom stereocenters. The quantitative estimate of drug-likeness (QED) is 0.00989. The van der Waals surface area contributed by atoms with Crippen LogP contribution < -0.4 is 70.4 Å². The number of aliphatic carboxylic acids is 2. The maximum atomic E-state index is 14.8. The lowest BCUT2D eigenvalue weighted by molar-refractivity contribution is -0.143. The van der Waals surface area contributed by atoms with Gasteiger partial charge in [-0.15, -0.1) is 0 Å². The molecule has 0 unspecified atom stereocenters. The molecule has 3 aromatic rings. The van der Waals surface area contributed by atoms with Crippen molar-refractivity contribution in [3.8, 4) is 11.1 Å². The van der Waals surface area contributed by atoms with Crippen LogP contribution in [0.3, 0.4) is 0 Å². The molecule has 0 radical (unpaired) electrons. The van der Waals surface area contributed by atoms with Crippen LogP contribution in [0.2, 0.25) is 0 Å². The van der Waals surface area contributed by atoms with Gasteiger partial charge in [-0.05, 0) is 127 Å². The number of hydrogen-bond acceptors (Lipinski definition) is 16. The lowest BCUT2D eigenvalue weighted by Crippen LogP contribution is -2.61. The third kappa shape index (κ3) is 28.3. The summed E-state index contributed by atoms with van der Waals surface area (Å²) in [7, 11) is 0. The molecule has 0 aromatic heterocycles. The molecule has 0 fully saturated rings. The van der Waals surface area contributed by atoms with Gasteiger partial charge in [-0.1, -0.05) is 161 Å². The van der Waals surface area contributed by atoms with Crippen molar-refractivity contribution >= 4 is 88.9 Å². The van der Waals surface area contributed by atoms with Crippen LogP contribution in [0.4, 0.5) is 4.79 Å². The molecule has 1 aliphatic rings. The molecule has 556 valence electrons. The van der Waals surface area contributed by atoms with Crippen molar-refractivity contribution in [3.63, 3.8) is 0 Å². The zero-order chi connectivity index (χ0) is 75.0. The van der Waals surface area contributed by atoms with Gasteiger partial charge in [0.15, 0.2) is 11.3 Å². The number of aliphatic imine (C=N–C) groups is 1. The van der Waals surface area contributed by atoms with Gasteiger partial charge in [0.2, 0.25) is 47.3 Å². The maximum Gasteiger partial charge on any atom is 0.408 e. The molecule has 4 rings (SSSR count). The van der Waals surface area contributed by atoms with E-state index in [1.54, 1.807) is 92.6 Å². The third-order valence-electron chi connectivity index (χ3n) is 17.4. The number of nitrogens with zero attached hydrogens (tertiary/aromatic N) is 1. The smallest absolute Gasteiger partial charge is 0.408 e. The van der Waals surface area contributed by atoms with Gasteiger partial charge in [-0.3, -0.25) is 52.9 Å². The van der Waals surface area contributed by atoms with E-state index in [-0.39, 0.29) is 69.6 Å². The number of ether oxygens (including phenoxy) is 1. The van der Waals surface area contributed by atoms with Crippen LogP contribution in [-0.4, -0.2) is 161 Å². The van der Waals surface area contributed by atoms with Crippen molar-refractivity contribution < 1.29 is 72.5 Å². The normalized spacial score (nSPS) is 15.0. The lowest BCUT2D eigenvalue weighted by atomic mass is 9.96. The molecule has 29 nitrogen and oxygen atoms in total. The lowest BCUT2D eigenvalue weighted by Gasteiger charge is -2.30. The van der Waals surface area contributed by atoms with Crippen molar-refractivity contribution in [3.05, 3.63) is 89.5 Å². The van der Waals surface area contributed by atoms with Crippen LogP contribution in [0.25, 0.3) is 11.1 Å². The van der Waals surface area contributed by atoms with Crippen molar-refractivity contribution in [2.75, 3.05) is 19.6 Å². The number of guanidine groups is 1. The Hall–Kier alpha value is -9.32. The van der Waals surface area contributed by atoms with E-state index in [1.807, 2.05) is 37.3 Å². The van der Waals surface area contributed by atoms with Crippen LogP contribution in [0.5, 0.6) is 0 Å². The fourth-order valence-corrected chi connectivity index (χ4v) is 12.1. The summed E-state index contributed by atoms with van der Waals surface area (Å²) < 4.78 is 5.65. The SMILES string of the molecule is CC[C@H](C)[C@H](NC(=O)CNC(=O)[C@H](CC(=O)O)NC(=O)[C@H](CC(C)C)NC(=O)[C@@H](NC(=O)[C@H](CC(C)C)NC(=O)[C@@H](NC(=O)[C@H](CCCCN)NC(=O)[C@H](CCCN=C(N)N)NC(=O)[C@@H](NC(=O)OCc1ccc2c(c1)Cc1ccccc1-2)[C@@H](C)CC)[C@@H](C)CC)Sc1ccccc1)C(=O)O. The van der Waals surface area contributed by atoms with Gasteiger partial charge in [0, 0.05) is 11.4 Å². The minimum absolute atomic E-state index is 0.0158. The average Bonchev–Trinajstić information content (AvgIpc) is 1.66. The number of carbonyl (C=O) groups is 12. The minimum atomic E-state index is -1.78. The van der Waals surface area contributed by atoms with Crippen molar-refractivity contribution in [2.45, 2.75) is 211 Å². The minimum Gasteiger partial charge on any atom is -0.481 e. The Morgan fingerprint density at radius 1 is 0.525 bits per heavy atom. The van der Waals surface area contributed by atoms with E-state index in [0.717, 1.165) is 40.4 Å². The third-order valence-corrected chi connectivity index (χ3v) is 18.5. The number of benzene rings is 3. The Bertz CT molecular complexity index is 3340. The molecular formula is C71H106N14O15S. The number of carboxylic acids is 2. The summed E-state index contributed by atoms with van der Waals surface area (Å²) in [6.45, 7) is 17.0. The number of thioether (sulfide) groups is 1. The molecule has 10 amide bonds. The molecule has 1 aliphatic carbocycles. The molecule has 0 bridgehead atoms. The summed E-state index contributed by atoms with van der Waals surface area (Å²) in [5.74, 6) is -12.8. The summed E-state index contributed by atoms with van der Waals surface area (Å²) >= 11 is 0.892. The van der Waals surface area contributed by atoms with Crippen molar-refractivity contribution in [2.24, 2.45) is 51.8 Å². The summed E-state index contributed by atoms with van der Waals surface area (Å²) in [4.78, 5) is 170. The second kappa shape index (κ2) is 42.7. The Balaban J connectivity index is 1.56. The largest absolute Gasteiger partial charge is 0.481 e. The molecule has 101 heavy (non-hydrogen) atoms. The average molecular weight is 1430 g/mol. The highest BCUT2D eigenvalue weighted by atomic mass is 32.2. The molecule has 0 spiro atoms. The van der Waals surface area contributed by atoms with Crippen LogP contribution in [0, 0.1) is 29.6 Å². The molecular weight excluding hydrogens is 1320 g/mol. The van der Waals surface area contributed by atoms with Gasteiger partial charge in [0.1, 0.15) is 54.9 Å². The van der Waals surface area contributed by atoms with E-state index in [0.29, 0.717) is 37.0 Å². The highest BCUT2D eigenvalue weighted by molar-refractivity contribution is 8.00. The number of amides is 10. The predicted molar refractivity (Wildman–Crippen MR) is 383 cm³/mol. The molecule has 0 saturated carbocycles. The highest BCUT2D eigenvalue weighted by Crippen LogP contribution is 2.37. The van der Waals surface area contributed by atoms with Gasteiger partial charge in [-0.25, -0.2) is 9.59 Å². The summed E-state index contributed by atoms with van der Waals surface area (Å²) in [6, 6.07) is 11.4. The Morgan fingerprint density at radius 3 is 1.60 bits per heavy atom. The molecule has 18 N–H and O–H groups in total. The number of hydrogen-bond donors (Lipinski definition) is 15. The Morgan fingerprint density at radius 2 is 1.03 bits per heavy atom. The predicted octanol–water partition coefficient (Wildman–Crippen LogP) is 3.57. The molecule has 30 heteroatoms. The number of carboxylic acid groups (broad SMARTS) is 2. The molecule has 0 aliphatic heterocycles. The second-order valence-electron chi connectivity index (χ2n) is 26.5. The van der Waals surface area contributed by atoms with Crippen LogP contribution in [-0.2, 0) is 70.5 Å². The van der Waals surface area contributed by atoms with E-state index in [2.05, 4.69) is 70.3 Å². The zero-order valence-corrected chi connectivity index (χ0v) is 60.4. The number of unbranched alkanes of at least 4 members (excludes halogenated alkanes) is 1. The van der Waals surface area contributed by atoms with Gasteiger partial charge < -0.3 is 85.3 Å². The van der Waals surface area contributed by atoms with Crippen molar-refractivity contribution in [1.82, 2.24) is 53.2 Å². The second-order valence-corrected chi connectivity index (χ2v) is 27.7. The number of carbonyl (C=O) groups excluding carboxylic acids is 10. The highest BCUT2D eigenvalue weighted by Gasteiger charge is 2.38. The van der Waals surface area contributed by atoms with Crippen LogP contribution in [0.15, 0.2) is 82.7 Å². The van der Waals surface area contributed by atoms with Gasteiger partial charge in [0.25, 0.3) is 5.91 Å². The first-order chi connectivity index (χ1) is 47.9. The summed E-state index contributed by atoms with van der Waals surface area (Å²) in [5.41, 5.74) is 22.4. The number of alkyl carbamates (subject to hydrolysis) is 1. The standard InChI is InChI=1S/C71H106N14O15S/c1-11-41(8)57(83-62(91)50(26-19-20-30-72)77-61(90)51(27-21-31-75-70(73)74)78-66(95)58(42(9)12-2)84-71(99)100-38-44-28-29-49-46(34-44)35-45-22-17-18-25-48(45)49)65(94)80-53(33-40(6)7)64(93)85-68(101-47-23-15-14-16-24-47)67(96)81-52(32-39(4)5)63(92)79-54(36-56(87)88)60(89)76-37-55(86)82-59(69(97)98)43(10)13-3/h14-18,22-25,28-29,34,39-43,50-54,57-59,68H,11-13,19-21,26-27,30-33,35-38,72H2,1-10H3,(H,76,89)(H,77,90)(H,78,95)(H,79,92)(H,80,94)(H,81,96)(H,82,86)(H,83,91)(H,84,99)(H,85,93)(H,87,88)(H,97,98)(H4,73,74,75)/t41-,42-,43-,50-,51-,52-,53-,54-,57-,58-,59-,68-/m0/s1. The number of rotatable bonds is 44. The van der Waals surface area contributed by atoms with E-state index >= 15 is 0 Å². The first-order valence-electron chi connectivity index (χ1n) is 34.6. The monoisotopic (exact) mass is 1430 g/mol. The van der Waals surface area contributed by atoms with Gasteiger partial charge in [0.05, 0.1) is 13.0 Å². The fraction of sp³-hybridized carbons (Fsp3) is 0.563. The van der Waals surface area contributed by atoms with E-state index < -0.39 is 156 Å². The summed E-state index contributed by atoms with van der Waals surface area (Å²) in [6.07, 6.45) is 1.05. The van der Waals surface area contributed by atoms with Crippen molar-refractivity contribution in [1.29, 1.82) is 0 Å². The topological polar surface area (TPSA) is 465 Å².